The van der Waals surface area contributed by atoms with E-state index in [0.717, 1.165) is 12.8 Å². The summed E-state index contributed by atoms with van der Waals surface area (Å²) in [5.41, 5.74) is 1.50. The zero-order valence-electron chi connectivity index (χ0n) is 10.2. The summed E-state index contributed by atoms with van der Waals surface area (Å²) in [7, 11) is 4.27. The molecule has 0 heterocycles. The topological polar surface area (TPSA) is 3.24 Å². The van der Waals surface area contributed by atoms with Gasteiger partial charge in [0.15, 0.2) is 0 Å². The van der Waals surface area contributed by atoms with Crippen LogP contribution in [0.4, 0.5) is 0 Å². The maximum atomic E-state index is 2.35. The Labute approximate surface area is 94.2 Å². The first-order valence-corrected chi connectivity index (χ1v) is 5.86. The fourth-order valence-electron chi connectivity index (χ4n) is 1.73. The summed E-state index contributed by atoms with van der Waals surface area (Å²) in [6.45, 7) is 3.49. The van der Waals surface area contributed by atoms with Crippen LogP contribution in [0, 0.1) is 5.92 Å². The molecule has 0 aromatic rings. The fraction of sp³-hybridized carbons (Fsp3) is 0.571. The first kappa shape index (κ1) is 12.3. The van der Waals surface area contributed by atoms with Gasteiger partial charge in [0, 0.05) is 0 Å². The number of hydrogen-bond acceptors (Lipinski definition) is 1. The second-order valence-electron chi connectivity index (χ2n) is 4.54. The summed E-state index contributed by atoms with van der Waals surface area (Å²) >= 11 is 0. The van der Waals surface area contributed by atoms with Gasteiger partial charge in [-0.1, -0.05) is 37.3 Å². The van der Waals surface area contributed by atoms with Gasteiger partial charge in [0.2, 0.25) is 0 Å². The standard InChI is InChI=1S/C14H23N/c1-13(11-12-15(2)3)14-9-7-5-4-6-8-10-14/h4-5,8-10,13H,6-7,11-12H2,1-3H3/b5-4-,10-8?,14-9+. The average Bonchev–Trinajstić information content (AvgIpc) is 2.13. The van der Waals surface area contributed by atoms with E-state index in [1.807, 2.05) is 0 Å². The SMILES string of the molecule is CC(CCN(C)C)/C1=C/C/C=C\CC=C1. The number of nitrogens with zero attached hydrogens (tertiary/aromatic N) is 1. The van der Waals surface area contributed by atoms with Crippen molar-refractivity contribution in [1.29, 1.82) is 0 Å². The van der Waals surface area contributed by atoms with Crippen LogP contribution in [0.1, 0.15) is 26.2 Å². The van der Waals surface area contributed by atoms with Gasteiger partial charge in [0.1, 0.15) is 0 Å². The van der Waals surface area contributed by atoms with E-state index >= 15 is 0 Å². The summed E-state index contributed by atoms with van der Waals surface area (Å²) in [4.78, 5) is 2.25. The highest BCUT2D eigenvalue weighted by molar-refractivity contribution is 5.24. The molecule has 0 N–H and O–H groups in total. The first-order valence-electron chi connectivity index (χ1n) is 5.86. The zero-order valence-corrected chi connectivity index (χ0v) is 10.2. The Morgan fingerprint density at radius 1 is 1.20 bits per heavy atom. The van der Waals surface area contributed by atoms with Crippen molar-refractivity contribution in [3.8, 4) is 0 Å². The molecule has 0 aromatic heterocycles. The van der Waals surface area contributed by atoms with E-state index in [1.54, 1.807) is 0 Å². The third-order valence-corrected chi connectivity index (χ3v) is 2.82. The zero-order chi connectivity index (χ0) is 11.1. The van der Waals surface area contributed by atoms with E-state index in [2.05, 4.69) is 56.3 Å². The van der Waals surface area contributed by atoms with Gasteiger partial charge in [-0.15, -0.1) is 0 Å². The summed E-state index contributed by atoms with van der Waals surface area (Å²) in [6, 6.07) is 0. The molecule has 0 fully saturated rings. The Morgan fingerprint density at radius 3 is 2.67 bits per heavy atom. The van der Waals surface area contributed by atoms with E-state index in [4.69, 9.17) is 0 Å². The minimum atomic E-state index is 0.676. The largest absolute Gasteiger partial charge is 0.309 e. The molecule has 1 nitrogen and oxygen atoms in total. The summed E-state index contributed by atoms with van der Waals surface area (Å²) in [5, 5.41) is 0. The van der Waals surface area contributed by atoms with Crippen LogP contribution in [-0.2, 0) is 0 Å². The normalized spacial score (nSPS) is 24.1. The maximum Gasteiger partial charge on any atom is -0.00191 e. The summed E-state index contributed by atoms with van der Waals surface area (Å²) < 4.78 is 0. The van der Waals surface area contributed by atoms with Crippen molar-refractivity contribution in [2.75, 3.05) is 20.6 Å². The predicted octanol–water partition coefficient (Wildman–Crippen LogP) is 3.41. The molecule has 0 radical (unpaired) electrons. The lowest BCUT2D eigenvalue weighted by Crippen LogP contribution is -2.16. The van der Waals surface area contributed by atoms with Gasteiger partial charge in [-0.2, -0.15) is 0 Å². The Morgan fingerprint density at radius 2 is 1.93 bits per heavy atom. The molecule has 1 aliphatic carbocycles. The van der Waals surface area contributed by atoms with Gasteiger partial charge >= 0.3 is 0 Å². The monoisotopic (exact) mass is 205 g/mol. The molecule has 0 amide bonds. The minimum absolute atomic E-state index is 0.676. The molecule has 0 saturated heterocycles. The highest BCUT2D eigenvalue weighted by Gasteiger charge is 2.06. The van der Waals surface area contributed by atoms with Crippen molar-refractivity contribution >= 4 is 0 Å². The molecule has 1 atom stereocenters. The van der Waals surface area contributed by atoms with Gasteiger partial charge in [0.05, 0.1) is 0 Å². The van der Waals surface area contributed by atoms with Crippen LogP contribution in [-0.4, -0.2) is 25.5 Å². The number of allylic oxidation sites excluding steroid dienone is 6. The van der Waals surface area contributed by atoms with E-state index < -0.39 is 0 Å². The highest BCUT2D eigenvalue weighted by Crippen LogP contribution is 2.18. The van der Waals surface area contributed by atoms with Gasteiger partial charge in [-0.3, -0.25) is 0 Å². The third-order valence-electron chi connectivity index (χ3n) is 2.82. The van der Waals surface area contributed by atoms with Crippen LogP contribution >= 0.6 is 0 Å². The molecular weight excluding hydrogens is 182 g/mol. The summed E-state index contributed by atoms with van der Waals surface area (Å²) in [6.07, 6.45) is 14.8. The minimum Gasteiger partial charge on any atom is -0.309 e. The Hall–Kier alpha value is -0.820. The molecule has 1 unspecified atom stereocenters. The van der Waals surface area contributed by atoms with E-state index in [0.29, 0.717) is 5.92 Å². The predicted molar refractivity (Wildman–Crippen MR) is 67.9 cm³/mol. The molecule has 0 saturated carbocycles. The Balaban J connectivity index is 2.49. The molecule has 1 aliphatic rings. The fourth-order valence-corrected chi connectivity index (χ4v) is 1.73. The lowest BCUT2D eigenvalue weighted by Gasteiger charge is -2.16. The lowest BCUT2D eigenvalue weighted by molar-refractivity contribution is 0.376. The second-order valence-corrected chi connectivity index (χ2v) is 4.54. The van der Waals surface area contributed by atoms with Crippen molar-refractivity contribution in [3.05, 3.63) is 36.0 Å². The van der Waals surface area contributed by atoms with Crippen LogP contribution in [0.15, 0.2) is 36.0 Å². The van der Waals surface area contributed by atoms with Gasteiger partial charge in [0.25, 0.3) is 0 Å². The second kappa shape index (κ2) is 6.62. The number of rotatable bonds is 4. The quantitative estimate of drug-likeness (QED) is 0.636. The third kappa shape index (κ3) is 4.98. The van der Waals surface area contributed by atoms with Crippen LogP contribution in [0.2, 0.25) is 0 Å². The maximum absolute atomic E-state index is 2.35. The average molecular weight is 205 g/mol. The molecule has 15 heavy (non-hydrogen) atoms. The molecule has 1 heteroatoms. The molecule has 1 rings (SSSR count). The molecule has 0 bridgehead atoms. The molecule has 0 aliphatic heterocycles. The van der Waals surface area contributed by atoms with Crippen LogP contribution < -0.4 is 0 Å². The van der Waals surface area contributed by atoms with Gasteiger partial charge in [-0.05, 0) is 51.4 Å². The van der Waals surface area contributed by atoms with E-state index in [9.17, 15) is 0 Å². The number of hydrogen-bond donors (Lipinski definition) is 0. The van der Waals surface area contributed by atoms with Crippen molar-refractivity contribution in [2.24, 2.45) is 5.92 Å². The van der Waals surface area contributed by atoms with Crippen molar-refractivity contribution in [1.82, 2.24) is 4.90 Å². The van der Waals surface area contributed by atoms with E-state index in [-0.39, 0.29) is 0 Å². The molecular formula is C14H23N. The summed E-state index contributed by atoms with van der Waals surface area (Å²) in [5.74, 6) is 0.676. The van der Waals surface area contributed by atoms with Gasteiger partial charge < -0.3 is 4.90 Å². The lowest BCUT2D eigenvalue weighted by atomic mass is 9.95. The Kier molecular flexibility index (Phi) is 5.41. The van der Waals surface area contributed by atoms with E-state index in [1.165, 1.54) is 18.5 Å². The highest BCUT2D eigenvalue weighted by atomic mass is 15.0. The van der Waals surface area contributed by atoms with Gasteiger partial charge in [-0.25, -0.2) is 0 Å². The Bertz CT molecular complexity index is 259. The van der Waals surface area contributed by atoms with Crippen molar-refractivity contribution in [3.63, 3.8) is 0 Å². The first-order chi connectivity index (χ1) is 7.20. The smallest absolute Gasteiger partial charge is 0.00191 e. The van der Waals surface area contributed by atoms with Crippen LogP contribution in [0.25, 0.3) is 0 Å². The van der Waals surface area contributed by atoms with Crippen molar-refractivity contribution in [2.45, 2.75) is 26.2 Å². The van der Waals surface area contributed by atoms with Crippen molar-refractivity contribution < 1.29 is 0 Å². The molecule has 0 spiro atoms. The van der Waals surface area contributed by atoms with Crippen LogP contribution in [0.3, 0.4) is 0 Å². The molecule has 0 aromatic carbocycles. The molecule has 84 valence electrons. The van der Waals surface area contributed by atoms with Crippen LogP contribution in [0.5, 0.6) is 0 Å².